The highest BCUT2D eigenvalue weighted by Crippen LogP contribution is 2.18. The third kappa shape index (κ3) is 6.72. The molecule has 2 rings (SSSR count). The van der Waals surface area contributed by atoms with Crippen LogP contribution in [0.4, 0.5) is 4.79 Å². The van der Waals surface area contributed by atoms with Crippen LogP contribution in [0.5, 0.6) is 0 Å². The average Bonchev–Trinajstić information content (AvgIpc) is 2.48. The monoisotopic (exact) mass is 353 g/mol. The molecule has 25 heavy (non-hydrogen) atoms. The smallest absolute Gasteiger partial charge is 0.410 e. The second-order valence-electron chi connectivity index (χ2n) is 8.26. The largest absolute Gasteiger partial charge is 0.444 e. The SMILES string of the molecule is CN=C(NCCC1CCN(C)CC1)NC1CN(C(=O)OC(C)(C)C)C1. The Morgan fingerprint density at radius 3 is 2.44 bits per heavy atom. The highest BCUT2D eigenvalue weighted by molar-refractivity contribution is 5.80. The maximum absolute atomic E-state index is 11.9. The van der Waals surface area contributed by atoms with Crippen molar-refractivity contribution in [2.45, 2.75) is 51.7 Å². The third-order valence-electron chi connectivity index (χ3n) is 4.78. The molecule has 2 N–H and O–H groups in total. The molecule has 2 fully saturated rings. The van der Waals surface area contributed by atoms with Gasteiger partial charge >= 0.3 is 6.09 Å². The molecule has 0 aromatic rings. The Morgan fingerprint density at radius 1 is 1.24 bits per heavy atom. The zero-order valence-electron chi connectivity index (χ0n) is 16.5. The fourth-order valence-electron chi connectivity index (χ4n) is 3.18. The maximum Gasteiger partial charge on any atom is 0.410 e. The van der Waals surface area contributed by atoms with E-state index in [-0.39, 0.29) is 12.1 Å². The Kier molecular flexibility index (Phi) is 6.93. The summed E-state index contributed by atoms with van der Waals surface area (Å²) in [5.74, 6) is 1.63. The molecule has 1 amide bonds. The van der Waals surface area contributed by atoms with Crippen molar-refractivity contribution in [2.24, 2.45) is 10.9 Å². The van der Waals surface area contributed by atoms with Crippen LogP contribution >= 0.6 is 0 Å². The second kappa shape index (κ2) is 8.74. The van der Waals surface area contributed by atoms with Crippen molar-refractivity contribution in [3.8, 4) is 0 Å². The summed E-state index contributed by atoms with van der Waals surface area (Å²) >= 11 is 0. The molecule has 144 valence electrons. The number of guanidine groups is 1. The van der Waals surface area contributed by atoms with Crippen LogP contribution < -0.4 is 10.6 Å². The minimum absolute atomic E-state index is 0.238. The molecule has 0 saturated carbocycles. The number of hydrogen-bond donors (Lipinski definition) is 2. The lowest BCUT2D eigenvalue weighted by atomic mass is 9.94. The molecule has 0 spiro atoms. The lowest BCUT2D eigenvalue weighted by Crippen LogP contribution is -2.63. The van der Waals surface area contributed by atoms with E-state index in [1.54, 1.807) is 11.9 Å². The van der Waals surface area contributed by atoms with E-state index in [1.165, 1.54) is 32.4 Å². The number of aliphatic imine (C=N–C) groups is 1. The molecule has 7 heteroatoms. The van der Waals surface area contributed by atoms with Crippen molar-refractivity contribution in [1.29, 1.82) is 0 Å². The van der Waals surface area contributed by atoms with E-state index in [1.807, 2.05) is 20.8 Å². The van der Waals surface area contributed by atoms with Gasteiger partial charge in [0.25, 0.3) is 0 Å². The van der Waals surface area contributed by atoms with E-state index < -0.39 is 5.60 Å². The zero-order valence-corrected chi connectivity index (χ0v) is 16.5. The van der Waals surface area contributed by atoms with Crippen LogP contribution in [0.15, 0.2) is 4.99 Å². The fourth-order valence-corrected chi connectivity index (χ4v) is 3.18. The van der Waals surface area contributed by atoms with Gasteiger partial charge in [-0.15, -0.1) is 0 Å². The van der Waals surface area contributed by atoms with Crippen molar-refractivity contribution in [3.05, 3.63) is 0 Å². The number of piperidine rings is 1. The molecule has 7 nitrogen and oxygen atoms in total. The molecular formula is C18H35N5O2. The number of amides is 1. The molecule has 0 aliphatic carbocycles. The van der Waals surface area contributed by atoms with Crippen molar-refractivity contribution in [3.63, 3.8) is 0 Å². The van der Waals surface area contributed by atoms with Gasteiger partial charge in [0.2, 0.25) is 0 Å². The summed E-state index contributed by atoms with van der Waals surface area (Å²) in [7, 11) is 3.98. The van der Waals surface area contributed by atoms with Crippen molar-refractivity contribution in [1.82, 2.24) is 20.4 Å². The Balaban J connectivity index is 1.61. The van der Waals surface area contributed by atoms with E-state index in [0.717, 1.165) is 18.4 Å². The Hall–Kier alpha value is -1.50. The first-order valence-electron chi connectivity index (χ1n) is 9.40. The van der Waals surface area contributed by atoms with Crippen LogP contribution in [0.1, 0.15) is 40.0 Å². The predicted molar refractivity (Wildman–Crippen MR) is 101 cm³/mol. The standard InChI is InChI=1S/C18H35N5O2/c1-18(2,3)25-17(24)23-12-15(13-23)21-16(19-4)20-9-6-14-7-10-22(5)11-8-14/h14-15H,6-13H2,1-5H3,(H2,19,20,21). The molecule has 0 bridgehead atoms. The molecule has 2 aliphatic heterocycles. The average molecular weight is 354 g/mol. The number of rotatable bonds is 4. The Morgan fingerprint density at radius 2 is 1.88 bits per heavy atom. The molecular weight excluding hydrogens is 318 g/mol. The van der Waals surface area contributed by atoms with Gasteiger partial charge in [-0.2, -0.15) is 0 Å². The lowest BCUT2D eigenvalue weighted by molar-refractivity contribution is 0.00701. The lowest BCUT2D eigenvalue weighted by Gasteiger charge is -2.40. The third-order valence-corrected chi connectivity index (χ3v) is 4.78. The topological polar surface area (TPSA) is 69.2 Å². The number of hydrogen-bond acceptors (Lipinski definition) is 4. The highest BCUT2D eigenvalue weighted by Gasteiger charge is 2.34. The first-order chi connectivity index (χ1) is 11.8. The summed E-state index contributed by atoms with van der Waals surface area (Å²) in [5.41, 5.74) is -0.443. The summed E-state index contributed by atoms with van der Waals surface area (Å²) < 4.78 is 5.37. The van der Waals surface area contributed by atoms with Crippen LogP contribution in [0, 0.1) is 5.92 Å². The summed E-state index contributed by atoms with van der Waals surface area (Å²) in [4.78, 5) is 20.3. The van der Waals surface area contributed by atoms with Gasteiger partial charge in [0.05, 0.1) is 6.04 Å². The quantitative estimate of drug-likeness (QED) is 0.592. The van der Waals surface area contributed by atoms with Crippen LogP contribution in [-0.4, -0.2) is 80.3 Å². The maximum atomic E-state index is 11.9. The summed E-state index contributed by atoms with van der Waals surface area (Å²) in [6.07, 6.45) is 3.52. The van der Waals surface area contributed by atoms with Gasteiger partial charge in [0.1, 0.15) is 5.60 Å². The second-order valence-corrected chi connectivity index (χ2v) is 8.26. The summed E-state index contributed by atoms with van der Waals surface area (Å²) in [5, 5.41) is 6.78. The van der Waals surface area contributed by atoms with Gasteiger partial charge in [0.15, 0.2) is 5.96 Å². The van der Waals surface area contributed by atoms with Crippen molar-refractivity contribution >= 4 is 12.1 Å². The van der Waals surface area contributed by atoms with Gasteiger partial charge in [-0.3, -0.25) is 4.99 Å². The van der Waals surface area contributed by atoms with E-state index in [2.05, 4.69) is 27.6 Å². The van der Waals surface area contributed by atoms with Crippen LogP contribution in [-0.2, 0) is 4.74 Å². The van der Waals surface area contributed by atoms with Crippen LogP contribution in [0.2, 0.25) is 0 Å². The van der Waals surface area contributed by atoms with E-state index in [4.69, 9.17) is 4.74 Å². The molecule has 2 heterocycles. The van der Waals surface area contributed by atoms with Crippen molar-refractivity contribution in [2.75, 3.05) is 46.8 Å². The minimum atomic E-state index is -0.443. The number of nitrogens with one attached hydrogen (secondary N) is 2. The number of nitrogens with zero attached hydrogens (tertiary/aromatic N) is 3. The van der Waals surface area contributed by atoms with E-state index in [0.29, 0.717) is 13.1 Å². The van der Waals surface area contributed by atoms with Crippen LogP contribution in [0.25, 0.3) is 0 Å². The summed E-state index contributed by atoms with van der Waals surface area (Å²) in [6.45, 7) is 10.3. The van der Waals surface area contributed by atoms with E-state index >= 15 is 0 Å². The van der Waals surface area contributed by atoms with Gasteiger partial charge in [-0.25, -0.2) is 4.79 Å². The minimum Gasteiger partial charge on any atom is -0.444 e. The number of carbonyl (C=O) groups excluding carboxylic acids is 1. The molecule has 0 aromatic carbocycles. The number of likely N-dealkylation sites (tertiary alicyclic amines) is 2. The molecule has 0 atom stereocenters. The normalized spacial score (nSPS) is 21.0. The van der Waals surface area contributed by atoms with Gasteiger partial charge in [-0.05, 0) is 66.1 Å². The molecule has 2 saturated heterocycles. The van der Waals surface area contributed by atoms with E-state index in [9.17, 15) is 4.79 Å². The molecule has 0 aromatic heterocycles. The molecule has 2 aliphatic rings. The first-order valence-corrected chi connectivity index (χ1v) is 9.40. The van der Waals surface area contributed by atoms with Gasteiger partial charge in [0, 0.05) is 26.7 Å². The first kappa shape index (κ1) is 19.8. The van der Waals surface area contributed by atoms with Gasteiger partial charge in [-0.1, -0.05) is 0 Å². The number of carbonyl (C=O) groups is 1. The fraction of sp³-hybridized carbons (Fsp3) is 0.889. The zero-order chi connectivity index (χ0) is 18.4. The van der Waals surface area contributed by atoms with Crippen LogP contribution in [0.3, 0.4) is 0 Å². The Bertz CT molecular complexity index is 461. The molecule has 0 radical (unpaired) electrons. The molecule has 0 unspecified atom stereocenters. The number of ether oxygens (including phenoxy) is 1. The predicted octanol–water partition coefficient (Wildman–Crippen LogP) is 1.50. The highest BCUT2D eigenvalue weighted by atomic mass is 16.6. The van der Waals surface area contributed by atoms with Gasteiger partial charge < -0.3 is 25.2 Å². The van der Waals surface area contributed by atoms with Crippen molar-refractivity contribution < 1.29 is 9.53 Å². The summed E-state index contributed by atoms with van der Waals surface area (Å²) in [6, 6.07) is 0.238. The Labute approximate surface area is 152 Å².